The third-order valence-electron chi connectivity index (χ3n) is 7.24. The van der Waals surface area contributed by atoms with Crippen LogP contribution in [0.25, 0.3) is 0 Å². The summed E-state index contributed by atoms with van der Waals surface area (Å²) in [4.78, 5) is 0. The van der Waals surface area contributed by atoms with Crippen molar-refractivity contribution in [3.05, 3.63) is 0 Å². The first-order valence-electron chi connectivity index (χ1n) is 15.7. The average Bonchev–Trinajstić information content (AvgIpc) is 2.77. The molecular formula is C32H64Cl2O3. The number of unbranched alkanes of at least 4 members (excludes halogenated alkanes) is 2. The summed E-state index contributed by atoms with van der Waals surface area (Å²) in [7, 11) is 0. The molecule has 0 aliphatic heterocycles. The van der Waals surface area contributed by atoms with Gasteiger partial charge in [-0.3, -0.25) is 0 Å². The Hall–Kier alpha value is 0.460. The second-order valence-electron chi connectivity index (χ2n) is 12.2. The molecule has 0 aromatic heterocycles. The van der Waals surface area contributed by atoms with Crippen LogP contribution in [-0.2, 0) is 14.2 Å². The van der Waals surface area contributed by atoms with Crippen molar-refractivity contribution in [1.82, 2.24) is 0 Å². The van der Waals surface area contributed by atoms with Crippen molar-refractivity contribution in [3.63, 3.8) is 0 Å². The minimum absolute atomic E-state index is 0.173. The Balaban J connectivity index is 4.77. The third kappa shape index (κ3) is 24.0. The third-order valence-corrected chi connectivity index (χ3v) is 7.60. The van der Waals surface area contributed by atoms with Gasteiger partial charge in [-0.2, -0.15) is 0 Å². The summed E-state index contributed by atoms with van der Waals surface area (Å²) in [6.45, 7) is 19.5. The summed E-state index contributed by atoms with van der Waals surface area (Å²) in [5.74, 6) is 2.75. The topological polar surface area (TPSA) is 27.7 Å². The Morgan fingerprint density at radius 3 is 1.19 bits per heavy atom. The van der Waals surface area contributed by atoms with Crippen LogP contribution in [-0.4, -0.2) is 36.5 Å². The van der Waals surface area contributed by atoms with E-state index in [1.807, 2.05) is 0 Å². The summed E-state index contributed by atoms with van der Waals surface area (Å²) in [5.41, 5.74) is 0. The van der Waals surface area contributed by atoms with Crippen LogP contribution in [0.2, 0.25) is 0 Å². The molecule has 0 aromatic carbocycles. The van der Waals surface area contributed by atoms with Crippen LogP contribution in [0.1, 0.15) is 145 Å². The quantitative estimate of drug-likeness (QED) is 0.0591. The van der Waals surface area contributed by atoms with E-state index in [0.717, 1.165) is 77.4 Å². The summed E-state index contributed by atoms with van der Waals surface area (Å²) in [6.07, 6.45) is 15.3. The smallest absolute Gasteiger partial charge is 0.160 e. The van der Waals surface area contributed by atoms with Gasteiger partial charge >= 0.3 is 0 Å². The molecule has 0 saturated carbocycles. The highest BCUT2D eigenvalue weighted by molar-refractivity contribution is 6.20. The van der Waals surface area contributed by atoms with Crippen molar-refractivity contribution in [2.45, 2.75) is 169 Å². The number of alkyl halides is 2. The molecule has 0 amide bonds. The Bertz CT molecular complexity index is 447. The van der Waals surface area contributed by atoms with Gasteiger partial charge in [-0.1, -0.05) is 67.2 Å². The highest BCUT2D eigenvalue weighted by Crippen LogP contribution is 2.26. The van der Waals surface area contributed by atoms with Gasteiger partial charge < -0.3 is 14.2 Å². The molecule has 0 aliphatic carbocycles. The van der Waals surface area contributed by atoms with E-state index in [-0.39, 0.29) is 23.3 Å². The molecule has 0 saturated heterocycles. The van der Waals surface area contributed by atoms with E-state index in [1.54, 1.807) is 0 Å². The normalized spacial score (nSPS) is 18.6. The number of ether oxygens (including phenoxy) is 3. The van der Waals surface area contributed by atoms with Gasteiger partial charge in [-0.15, -0.1) is 23.2 Å². The minimum atomic E-state index is -0.173. The fourth-order valence-electron chi connectivity index (χ4n) is 5.45. The number of hydrogen-bond donors (Lipinski definition) is 0. The molecular weight excluding hydrogens is 503 g/mol. The summed E-state index contributed by atoms with van der Waals surface area (Å²) < 4.78 is 18.9. The largest absolute Gasteiger partial charge is 0.353 e. The van der Waals surface area contributed by atoms with Gasteiger partial charge in [0.05, 0.1) is 0 Å². The first kappa shape index (κ1) is 37.5. The second kappa shape index (κ2) is 24.3. The van der Waals surface area contributed by atoms with E-state index in [1.165, 1.54) is 25.7 Å². The first-order chi connectivity index (χ1) is 17.6. The lowest BCUT2D eigenvalue weighted by Gasteiger charge is -2.26. The molecule has 8 unspecified atom stereocenters. The number of hydrogen-bond acceptors (Lipinski definition) is 3. The molecule has 0 radical (unpaired) electrons. The molecule has 224 valence electrons. The highest BCUT2D eigenvalue weighted by Gasteiger charge is 2.20. The lowest BCUT2D eigenvalue weighted by molar-refractivity contribution is -0.250. The molecule has 0 aromatic rings. The van der Waals surface area contributed by atoms with Crippen LogP contribution < -0.4 is 0 Å². The molecule has 37 heavy (non-hydrogen) atoms. The molecule has 0 spiro atoms. The van der Waals surface area contributed by atoms with Gasteiger partial charge in [0.1, 0.15) is 0 Å². The van der Waals surface area contributed by atoms with Crippen molar-refractivity contribution >= 4 is 23.2 Å². The maximum atomic E-state index is 6.50. The minimum Gasteiger partial charge on any atom is -0.353 e. The highest BCUT2D eigenvalue weighted by atomic mass is 35.5. The molecule has 0 rings (SSSR count). The van der Waals surface area contributed by atoms with Crippen LogP contribution >= 0.6 is 23.2 Å². The fourth-order valence-corrected chi connectivity index (χ4v) is 6.05. The molecule has 0 heterocycles. The van der Waals surface area contributed by atoms with E-state index in [9.17, 15) is 0 Å². The molecule has 0 bridgehead atoms. The van der Waals surface area contributed by atoms with E-state index < -0.39 is 0 Å². The summed E-state index contributed by atoms with van der Waals surface area (Å²) in [6, 6.07) is 0. The van der Waals surface area contributed by atoms with Gasteiger partial charge in [0.2, 0.25) is 0 Å². The van der Waals surface area contributed by atoms with E-state index in [4.69, 9.17) is 37.4 Å². The van der Waals surface area contributed by atoms with Gasteiger partial charge in [-0.25, -0.2) is 0 Å². The summed E-state index contributed by atoms with van der Waals surface area (Å²) in [5, 5.41) is 0.523. The van der Waals surface area contributed by atoms with Crippen molar-refractivity contribution in [2.24, 2.45) is 23.7 Å². The number of rotatable bonds is 26. The predicted octanol–water partition coefficient (Wildman–Crippen LogP) is 11.0. The van der Waals surface area contributed by atoms with Crippen molar-refractivity contribution < 1.29 is 14.2 Å². The lowest BCUT2D eigenvalue weighted by atomic mass is 9.90. The monoisotopic (exact) mass is 566 g/mol. The maximum absolute atomic E-state index is 6.50. The standard InChI is InChI=1S/C32H64Cl2O3/c1-9-11-19-35-31(17-13-15-25(3)21-27(5)23-29(7)33)37-32(36-20-12-10-2)18-14-16-26(4)22-28(6)24-30(8)34/h25-32H,9-24H2,1-8H3. The molecule has 3 nitrogen and oxygen atoms in total. The zero-order valence-corrected chi connectivity index (χ0v) is 27.4. The van der Waals surface area contributed by atoms with Gasteiger partial charge in [-0.05, 0) is 102 Å². The molecule has 0 fully saturated rings. The Labute approximate surface area is 242 Å². The molecule has 8 atom stereocenters. The average molecular weight is 568 g/mol. The van der Waals surface area contributed by atoms with Crippen molar-refractivity contribution in [3.8, 4) is 0 Å². The van der Waals surface area contributed by atoms with Gasteiger partial charge in [0.25, 0.3) is 0 Å². The Morgan fingerprint density at radius 2 is 0.865 bits per heavy atom. The van der Waals surface area contributed by atoms with Gasteiger partial charge in [0, 0.05) is 24.0 Å². The SMILES string of the molecule is CCCCOC(CCCC(C)CC(C)CC(C)Cl)OC(CCCC(C)CC(C)CC(C)Cl)OCCCC. The number of halogens is 2. The predicted molar refractivity (Wildman–Crippen MR) is 164 cm³/mol. The summed E-state index contributed by atoms with van der Waals surface area (Å²) >= 11 is 12.4. The van der Waals surface area contributed by atoms with Crippen molar-refractivity contribution in [2.75, 3.05) is 13.2 Å². The Morgan fingerprint density at radius 1 is 0.486 bits per heavy atom. The van der Waals surface area contributed by atoms with E-state index >= 15 is 0 Å². The zero-order valence-electron chi connectivity index (χ0n) is 25.9. The zero-order chi connectivity index (χ0) is 28.1. The van der Waals surface area contributed by atoms with E-state index in [2.05, 4.69) is 55.4 Å². The van der Waals surface area contributed by atoms with Crippen LogP contribution in [0.4, 0.5) is 0 Å². The second-order valence-corrected chi connectivity index (χ2v) is 13.7. The van der Waals surface area contributed by atoms with E-state index in [0.29, 0.717) is 23.7 Å². The van der Waals surface area contributed by atoms with Crippen LogP contribution in [0.3, 0.4) is 0 Å². The molecule has 5 heteroatoms. The van der Waals surface area contributed by atoms with Crippen LogP contribution in [0, 0.1) is 23.7 Å². The molecule has 0 N–H and O–H groups in total. The lowest BCUT2D eigenvalue weighted by Crippen LogP contribution is -2.28. The Kier molecular flexibility index (Phi) is 24.6. The maximum Gasteiger partial charge on any atom is 0.160 e. The van der Waals surface area contributed by atoms with Crippen LogP contribution in [0.15, 0.2) is 0 Å². The molecule has 0 aliphatic rings. The van der Waals surface area contributed by atoms with Crippen molar-refractivity contribution in [1.29, 1.82) is 0 Å². The fraction of sp³-hybridized carbons (Fsp3) is 1.00. The van der Waals surface area contributed by atoms with Gasteiger partial charge in [0.15, 0.2) is 12.6 Å². The first-order valence-corrected chi connectivity index (χ1v) is 16.6. The van der Waals surface area contributed by atoms with Crippen LogP contribution in [0.5, 0.6) is 0 Å².